The van der Waals surface area contributed by atoms with Gasteiger partial charge in [-0.05, 0) is 19.3 Å². The molecule has 25 heavy (non-hydrogen) atoms. The van der Waals surface area contributed by atoms with Crippen LogP contribution < -0.4 is 21.8 Å². The van der Waals surface area contributed by atoms with Gasteiger partial charge >= 0.3 is 6.09 Å². The molecule has 0 rings (SSSR count). The van der Waals surface area contributed by atoms with Crippen LogP contribution >= 0.6 is 0 Å². The van der Waals surface area contributed by atoms with Gasteiger partial charge in [-0.1, -0.05) is 38.0 Å². The first-order chi connectivity index (χ1) is 11.9. The Hall–Kier alpha value is -2.59. The van der Waals surface area contributed by atoms with Crippen LogP contribution in [0.1, 0.15) is 51.9 Å². The van der Waals surface area contributed by atoms with Crippen LogP contribution in [-0.2, 0) is 4.79 Å². The number of aliphatic imine (C=N–C) groups is 1. The van der Waals surface area contributed by atoms with Gasteiger partial charge in [0.05, 0.1) is 0 Å². The number of nitrogens with two attached hydrogens (primary N) is 1. The van der Waals surface area contributed by atoms with Crippen LogP contribution in [0.5, 0.6) is 0 Å². The highest BCUT2D eigenvalue weighted by Crippen LogP contribution is 2.02. The first-order valence-corrected chi connectivity index (χ1v) is 8.35. The van der Waals surface area contributed by atoms with Crippen molar-refractivity contribution in [1.29, 1.82) is 0 Å². The molecular formula is C14H28N6O5. The molecule has 0 heterocycles. The molecule has 0 radical (unpaired) electrons. The summed E-state index contributed by atoms with van der Waals surface area (Å²) in [6, 6.07) is -0.895. The van der Waals surface area contributed by atoms with E-state index >= 15 is 0 Å². The maximum Gasteiger partial charge on any atom is 0.405 e. The number of carboxylic acid groups (broad SMARTS) is 1. The second-order valence-electron chi connectivity index (χ2n) is 5.49. The molecule has 0 aromatic heterocycles. The van der Waals surface area contributed by atoms with E-state index in [1.165, 1.54) is 0 Å². The second-order valence-corrected chi connectivity index (χ2v) is 5.49. The van der Waals surface area contributed by atoms with E-state index in [4.69, 9.17) is 10.8 Å². The fraction of sp³-hybridized carbons (Fsp3) is 0.786. The van der Waals surface area contributed by atoms with E-state index in [1.807, 2.05) is 0 Å². The Balaban J connectivity index is 4.19. The number of carbonyl (C=O) groups is 2. The number of hydrazine groups is 1. The number of hydrogen-bond acceptors (Lipinski definition) is 5. The molecule has 0 aliphatic heterocycles. The van der Waals surface area contributed by atoms with E-state index in [-0.39, 0.29) is 18.9 Å². The Bertz CT molecular complexity index is 457. The lowest BCUT2D eigenvalue weighted by atomic mass is 10.1. The Labute approximate surface area is 146 Å². The van der Waals surface area contributed by atoms with E-state index in [0.717, 1.165) is 32.1 Å². The summed E-state index contributed by atoms with van der Waals surface area (Å²) in [4.78, 5) is 36.7. The van der Waals surface area contributed by atoms with Crippen molar-refractivity contribution in [2.75, 3.05) is 13.1 Å². The molecule has 11 heteroatoms. The monoisotopic (exact) mass is 360 g/mol. The van der Waals surface area contributed by atoms with Crippen LogP contribution in [0.15, 0.2) is 4.99 Å². The molecule has 0 spiro atoms. The van der Waals surface area contributed by atoms with Crippen molar-refractivity contribution >= 4 is 18.0 Å². The number of nitro groups is 1. The molecule has 0 unspecified atom stereocenters. The largest absolute Gasteiger partial charge is 0.465 e. The average Bonchev–Trinajstić information content (AvgIpc) is 2.52. The molecule has 11 nitrogen and oxygen atoms in total. The lowest BCUT2D eigenvalue weighted by Gasteiger charge is -2.16. The molecular weight excluding hydrogens is 332 g/mol. The van der Waals surface area contributed by atoms with E-state index in [2.05, 4.69) is 22.5 Å². The number of guanidine groups is 1. The van der Waals surface area contributed by atoms with Gasteiger partial charge < -0.3 is 21.5 Å². The topological polar surface area (TPSA) is 172 Å². The number of unbranched alkanes of at least 4 members (excludes halogenated alkanes) is 4. The zero-order valence-electron chi connectivity index (χ0n) is 14.5. The number of nitrogens with one attached hydrogen (secondary N) is 3. The van der Waals surface area contributed by atoms with Gasteiger partial charge in [0, 0.05) is 13.1 Å². The zero-order valence-corrected chi connectivity index (χ0v) is 14.5. The summed E-state index contributed by atoms with van der Waals surface area (Å²) in [7, 11) is 0. The van der Waals surface area contributed by atoms with Crippen molar-refractivity contribution < 1.29 is 19.7 Å². The third-order valence-electron chi connectivity index (χ3n) is 3.33. The van der Waals surface area contributed by atoms with Crippen LogP contribution in [0.2, 0.25) is 0 Å². The van der Waals surface area contributed by atoms with Gasteiger partial charge in [-0.25, -0.2) is 19.9 Å². The third kappa shape index (κ3) is 13.5. The summed E-state index contributed by atoms with van der Waals surface area (Å²) in [6.07, 6.45) is 4.54. The fourth-order valence-corrected chi connectivity index (χ4v) is 2.11. The van der Waals surface area contributed by atoms with Crippen molar-refractivity contribution in [2.24, 2.45) is 10.7 Å². The lowest BCUT2D eigenvalue weighted by Crippen LogP contribution is -2.46. The number of hydrogen-bond donors (Lipinski definition) is 5. The highest BCUT2D eigenvalue weighted by molar-refractivity contribution is 5.85. The molecule has 0 aromatic carbocycles. The summed E-state index contributed by atoms with van der Waals surface area (Å²) in [5.74, 6) is -0.734. The molecule has 0 aromatic rings. The first-order valence-electron chi connectivity index (χ1n) is 8.35. The lowest BCUT2D eigenvalue weighted by molar-refractivity contribution is -0.525. The average molecular weight is 360 g/mol. The Kier molecular flexibility index (Phi) is 12.4. The standard InChI is InChI=1S/C14H28N6O5/c1-2-3-4-5-6-9-16-12(21)11(18-14(22)23)8-7-10-17-13(15)19-20(24)25/h11,18H,2-10H2,1H3,(H,16,21)(H,22,23)(H3,15,17,19)/t11-/m0/s1. The molecule has 0 bridgehead atoms. The molecule has 2 amide bonds. The second kappa shape index (κ2) is 13.8. The summed E-state index contributed by atoms with van der Waals surface area (Å²) < 4.78 is 0. The number of nitrogens with zero attached hydrogens (tertiary/aromatic N) is 2. The molecule has 0 saturated carbocycles. The predicted molar refractivity (Wildman–Crippen MR) is 92.6 cm³/mol. The van der Waals surface area contributed by atoms with Gasteiger partial charge in [-0.3, -0.25) is 4.79 Å². The maximum atomic E-state index is 12.0. The summed E-state index contributed by atoms with van der Waals surface area (Å²) in [5.41, 5.74) is 6.95. The van der Waals surface area contributed by atoms with Crippen LogP contribution in [0.25, 0.3) is 0 Å². The molecule has 0 saturated heterocycles. The molecule has 0 fully saturated rings. The van der Waals surface area contributed by atoms with E-state index in [0.29, 0.717) is 13.0 Å². The van der Waals surface area contributed by atoms with Crippen LogP contribution in [0, 0.1) is 10.1 Å². The number of amides is 2. The summed E-state index contributed by atoms with van der Waals surface area (Å²) in [5, 5.41) is 23.0. The number of carbonyl (C=O) groups excluding carboxylic acids is 1. The van der Waals surface area contributed by atoms with Crippen LogP contribution in [0.4, 0.5) is 4.79 Å². The summed E-state index contributed by atoms with van der Waals surface area (Å²) >= 11 is 0. The smallest absolute Gasteiger partial charge is 0.405 e. The quantitative estimate of drug-likeness (QED) is 0.105. The molecule has 0 aliphatic rings. The van der Waals surface area contributed by atoms with Gasteiger partial charge in [-0.2, -0.15) is 0 Å². The number of rotatable bonds is 13. The molecule has 1 atom stereocenters. The Morgan fingerprint density at radius 1 is 1.24 bits per heavy atom. The van der Waals surface area contributed by atoms with Crippen molar-refractivity contribution in [1.82, 2.24) is 16.1 Å². The van der Waals surface area contributed by atoms with E-state index in [9.17, 15) is 19.7 Å². The Morgan fingerprint density at radius 2 is 1.92 bits per heavy atom. The maximum absolute atomic E-state index is 12.0. The highest BCUT2D eigenvalue weighted by atomic mass is 16.7. The van der Waals surface area contributed by atoms with Crippen LogP contribution in [0.3, 0.4) is 0 Å². The fourth-order valence-electron chi connectivity index (χ4n) is 2.11. The molecule has 0 aliphatic carbocycles. The van der Waals surface area contributed by atoms with E-state index < -0.39 is 23.1 Å². The van der Waals surface area contributed by atoms with Gasteiger partial charge in [0.1, 0.15) is 6.04 Å². The van der Waals surface area contributed by atoms with E-state index in [1.54, 1.807) is 5.43 Å². The summed E-state index contributed by atoms with van der Waals surface area (Å²) in [6.45, 7) is 2.75. The highest BCUT2D eigenvalue weighted by Gasteiger charge is 2.19. The molecule has 6 N–H and O–H groups in total. The minimum atomic E-state index is -1.29. The predicted octanol–water partition coefficient (Wildman–Crippen LogP) is 0.585. The van der Waals surface area contributed by atoms with Crippen molar-refractivity contribution in [3.8, 4) is 0 Å². The Morgan fingerprint density at radius 3 is 2.52 bits per heavy atom. The van der Waals surface area contributed by atoms with Crippen LogP contribution in [-0.4, -0.2) is 47.2 Å². The van der Waals surface area contributed by atoms with Crippen molar-refractivity contribution in [2.45, 2.75) is 57.9 Å². The first kappa shape index (κ1) is 22.4. The zero-order chi connectivity index (χ0) is 19.1. The van der Waals surface area contributed by atoms with Gasteiger partial charge in [0.25, 0.3) is 5.96 Å². The van der Waals surface area contributed by atoms with Gasteiger partial charge in [0.15, 0.2) is 5.03 Å². The normalized spacial score (nSPS) is 12.3. The van der Waals surface area contributed by atoms with Gasteiger partial charge in [0.2, 0.25) is 5.91 Å². The van der Waals surface area contributed by atoms with Crippen molar-refractivity contribution in [3.63, 3.8) is 0 Å². The van der Waals surface area contributed by atoms with Crippen molar-refractivity contribution in [3.05, 3.63) is 10.1 Å². The molecule has 144 valence electrons. The minimum Gasteiger partial charge on any atom is -0.465 e. The minimum absolute atomic E-state index is 0.134. The SMILES string of the molecule is CCCCCCCNC(=O)[C@H](CCCN=C(N)N[N+](=O)[O-])NC(=O)O. The van der Waals surface area contributed by atoms with Gasteiger partial charge in [-0.15, -0.1) is 0 Å². The third-order valence-corrected chi connectivity index (χ3v) is 3.33.